The quantitative estimate of drug-likeness (QED) is 0.581. The lowest BCUT2D eigenvalue weighted by atomic mass is 9.79. The molecule has 10 nitrogen and oxygen atoms in total. The van der Waals surface area contributed by atoms with Gasteiger partial charge in [-0.15, -0.1) is 0 Å². The van der Waals surface area contributed by atoms with Gasteiger partial charge in [-0.3, -0.25) is 20.2 Å². The molecule has 138 valence electrons. The third-order valence-electron chi connectivity index (χ3n) is 4.45. The van der Waals surface area contributed by atoms with Crippen molar-refractivity contribution in [2.75, 3.05) is 0 Å². The lowest BCUT2D eigenvalue weighted by molar-refractivity contribution is -0.396. The van der Waals surface area contributed by atoms with Gasteiger partial charge in [0.05, 0.1) is 49.1 Å². The molecule has 0 aliphatic carbocycles. The molecule has 0 saturated heterocycles. The van der Waals surface area contributed by atoms with Gasteiger partial charge in [0.2, 0.25) is 0 Å². The molecule has 2 rings (SSSR count). The van der Waals surface area contributed by atoms with Gasteiger partial charge in [-0.25, -0.2) is 0 Å². The first-order valence-electron chi connectivity index (χ1n) is 7.48. The molecule has 0 amide bonds. The number of nitrogens with zero attached hydrogens (tertiary/aromatic N) is 4. The smallest absolute Gasteiger partial charge is 0.282 e. The molecule has 11 heteroatoms. The van der Waals surface area contributed by atoms with Gasteiger partial charge in [0.15, 0.2) is 0 Å². The van der Waals surface area contributed by atoms with E-state index in [0.29, 0.717) is 0 Å². The Balaban J connectivity index is 3.07. The molecule has 0 aromatic heterocycles. The summed E-state index contributed by atoms with van der Waals surface area (Å²) in [4.78, 5) is 21.7. The number of thioether (sulfide) groups is 1. The first-order chi connectivity index (χ1) is 12.6. The topological polar surface area (TPSA) is 186 Å². The van der Waals surface area contributed by atoms with E-state index in [1.165, 1.54) is 20.8 Å². The zero-order chi connectivity index (χ0) is 20.6. The lowest BCUT2D eigenvalue weighted by Crippen LogP contribution is -2.21. The van der Waals surface area contributed by atoms with Crippen molar-refractivity contribution in [3.63, 3.8) is 0 Å². The summed E-state index contributed by atoms with van der Waals surface area (Å²) in [6.07, 6.45) is 0. The summed E-state index contributed by atoms with van der Waals surface area (Å²) in [5.74, 6) is -1.11. The van der Waals surface area contributed by atoms with E-state index in [1.54, 1.807) is 0 Å². The second kappa shape index (κ2) is 6.97. The first kappa shape index (κ1) is 19.8. The van der Waals surface area contributed by atoms with E-state index in [0.717, 1.165) is 11.8 Å². The van der Waals surface area contributed by atoms with Crippen molar-refractivity contribution in [2.24, 2.45) is 11.5 Å². The molecular formula is C16H14N6O4S. The van der Waals surface area contributed by atoms with Crippen LogP contribution >= 0.6 is 11.8 Å². The Hall–Kier alpha value is -3.57. The number of nitro groups is 2. The van der Waals surface area contributed by atoms with Crippen LogP contribution in [0, 0.1) is 63.7 Å². The number of nitro benzene ring substituents is 2. The van der Waals surface area contributed by atoms with Gasteiger partial charge in [-0.1, -0.05) is 11.8 Å². The molecule has 1 heterocycles. The van der Waals surface area contributed by atoms with Crippen LogP contribution in [0.3, 0.4) is 0 Å². The van der Waals surface area contributed by atoms with Crippen molar-refractivity contribution in [3.05, 3.63) is 63.7 Å². The first-order valence-corrected chi connectivity index (χ1v) is 8.29. The Bertz CT molecular complexity index is 967. The van der Waals surface area contributed by atoms with Crippen LogP contribution in [0.25, 0.3) is 0 Å². The molecule has 27 heavy (non-hydrogen) atoms. The van der Waals surface area contributed by atoms with E-state index < -0.39 is 27.1 Å². The summed E-state index contributed by atoms with van der Waals surface area (Å²) in [6, 6.07) is 3.81. The summed E-state index contributed by atoms with van der Waals surface area (Å²) in [5.41, 5.74) is 11.1. The number of rotatable bonds is 3. The summed E-state index contributed by atoms with van der Waals surface area (Å²) in [5, 5.41) is 42.3. The van der Waals surface area contributed by atoms with E-state index in [9.17, 15) is 30.8 Å². The number of hydrogen-bond acceptors (Lipinski definition) is 9. The van der Waals surface area contributed by atoms with Crippen LogP contribution in [0.5, 0.6) is 0 Å². The molecule has 0 atom stereocenters. The highest BCUT2D eigenvalue weighted by molar-refractivity contribution is 8.06. The van der Waals surface area contributed by atoms with Crippen LogP contribution in [0.1, 0.15) is 28.2 Å². The van der Waals surface area contributed by atoms with E-state index in [-0.39, 0.29) is 43.5 Å². The zero-order valence-corrected chi connectivity index (χ0v) is 15.4. The highest BCUT2D eigenvalue weighted by Crippen LogP contribution is 2.48. The van der Waals surface area contributed by atoms with Gasteiger partial charge in [0.1, 0.15) is 5.56 Å². The average molecular weight is 386 g/mol. The normalized spacial score (nSPS) is 14.7. The maximum Gasteiger partial charge on any atom is 0.282 e. The molecule has 0 saturated carbocycles. The second-order valence-corrected chi connectivity index (χ2v) is 6.90. The number of allylic oxidation sites excluding steroid dienone is 2. The van der Waals surface area contributed by atoms with E-state index in [4.69, 9.17) is 11.5 Å². The number of hydrogen-bond donors (Lipinski definition) is 2. The Morgan fingerprint density at radius 3 is 1.56 bits per heavy atom. The second-order valence-electron chi connectivity index (χ2n) is 5.81. The highest BCUT2D eigenvalue weighted by atomic mass is 32.2. The highest BCUT2D eigenvalue weighted by Gasteiger charge is 2.39. The van der Waals surface area contributed by atoms with Crippen molar-refractivity contribution in [1.29, 1.82) is 10.5 Å². The van der Waals surface area contributed by atoms with Crippen LogP contribution in [-0.4, -0.2) is 9.85 Å². The summed E-state index contributed by atoms with van der Waals surface area (Å²) in [6.45, 7) is 4.15. The number of benzene rings is 1. The van der Waals surface area contributed by atoms with E-state index in [1.807, 2.05) is 12.1 Å². The third kappa shape index (κ3) is 2.94. The zero-order valence-electron chi connectivity index (χ0n) is 14.6. The molecular weight excluding hydrogens is 372 g/mol. The predicted molar refractivity (Wildman–Crippen MR) is 97.9 cm³/mol. The molecule has 0 fully saturated rings. The Labute approximate surface area is 158 Å². The molecule has 1 aliphatic heterocycles. The van der Waals surface area contributed by atoms with Gasteiger partial charge in [0.25, 0.3) is 11.4 Å². The minimum atomic E-state index is -1.11. The summed E-state index contributed by atoms with van der Waals surface area (Å²) < 4.78 is 0. The SMILES string of the molecule is Cc1c(C2C(C#N)=C(N)SC(N)=C2C#N)c(C)c([N+](=O)[O-])c(C)c1[N+](=O)[O-]. The third-order valence-corrected chi connectivity index (χ3v) is 5.33. The van der Waals surface area contributed by atoms with Crippen LogP contribution < -0.4 is 11.5 Å². The molecule has 1 aromatic carbocycles. The lowest BCUT2D eigenvalue weighted by Gasteiger charge is -2.26. The van der Waals surface area contributed by atoms with Crippen molar-refractivity contribution in [3.8, 4) is 12.1 Å². The number of nitriles is 2. The molecule has 4 N–H and O–H groups in total. The van der Waals surface area contributed by atoms with Gasteiger partial charge < -0.3 is 11.5 Å². The van der Waals surface area contributed by atoms with Gasteiger partial charge in [-0.2, -0.15) is 10.5 Å². The average Bonchev–Trinajstić information content (AvgIpc) is 2.54. The van der Waals surface area contributed by atoms with Crippen molar-refractivity contribution < 1.29 is 9.85 Å². The monoisotopic (exact) mass is 386 g/mol. The van der Waals surface area contributed by atoms with E-state index in [2.05, 4.69) is 0 Å². The van der Waals surface area contributed by atoms with E-state index >= 15 is 0 Å². The maximum atomic E-state index is 11.6. The van der Waals surface area contributed by atoms with Crippen molar-refractivity contribution in [2.45, 2.75) is 26.7 Å². The molecule has 1 aliphatic rings. The molecule has 0 spiro atoms. The van der Waals surface area contributed by atoms with Gasteiger partial charge in [0, 0.05) is 11.1 Å². The molecule has 0 bridgehead atoms. The fourth-order valence-electron chi connectivity index (χ4n) is 3.38. The Kier molecular flexibility index (Phi) is 5.10. The van der Waals surface area contributed by atoms with Crippen LogP contribution in [0.15, 0.2) is 21.2 Å². The minimum Gasteiger partial charge on any atom is -0.392 e. The van der Waals surface area contributed by atoms with Crippen molar-refractivity contribution in [1.82, 2.24) is 0 Å². The van der Waals surface area contributed by atoms with Crippen LogP contribution in [0.4, 0.5) is 11.4 Å². The fraction of sp³-hybridized carbons (Fsp3) is 0.250. The maximum absolute atomic E-state index is 11.6. The fourth-order valence-corrected chi connectivity index (χ4v) is 4.16. The molecule has 1 aromatic rings. The van der Waals surface area contributed by atoms with Gasteiger partial charge >= 0.3 is 0 Å². The minimum absolute atomic E-state index is 0.0237. The van der Waals surface area contributed by atoms with Gasteiger partial charge in [-0.05, 0) is 26.3 Å². The predicted octanol–water partition coefficient (Wildman–Crippen LogP) is 2.65. The summed E-state index contributed by atoms with van der Waals surface area (Å²) in [7, 11) is 0. The largest absolute Gasteiger partial charge is 0.392 e. The van der Waals surface area contributed by atoms with Crippen LogP contribution in [0.2, 0.25) is 0 Å². The molecule has 0 radical (unpaired) electrons. The number of nitrogens with two attached hydrogens (primary N) is 2. The van der Waals surface area contributed by atoms with Crippen molar-refractivity contribution >= 4 is 23.1 Å². The standard InChI is InChI=1S/C16H14N6O4S/c1-6-11(7(2)14(22(25)26)8(3)13(6)21(23)24)12-9(4-17)15(19)27-16(20)10(12)5-18/h12H,19-20H2,1-3H3. The summed E-state index contributed by atoms with van der Waals surface area (Å²) >= 11 is 0.843. The Morgan fingerprint density at radius 1 is 0.889 bits per heavy atom. The molecule has 0 unspecified atom stereocenters. The Morgan fingerprint density at radius 2 is 1.26 bits per heavy atom. The van der Waals surface area contributed by atoms with Crippen LogP contribution in [-0.2, 0) is 0 Å².